The molecule has 1 amide bonds. The van der Waals surface area contributed by atoms with Crippen molar-refractivity contribution in [2.75, 3.05) is 11.9 Å². The van der Waals surface area contributed by atoms with Crippen molar-refractivity contribution in [1.82, 2.24) is 0 Å². The quantitative estimate of drug-likeness (QED) is 0.854. The van der Waals surface area contributed by atoms with E-state index in [1.54, 1.807) is 12.1 Å². The van der Waals surface area contributed by atoms with Crippen LogP contribution in [0.5, 0.6) is 5.75 Å². The molecule has 0 radical (unpaired) electrons. The van der Waals surface area contributed by atoms with Crippen molar-refractivity contribution in [2.24, 2.45) is 0 Å². The molecule has 0 atom stereocenters. The van der Waals surface area contributed by atoms with Crippen molar-refractivity contribution in [3.63, 3.8) is 0 Å². The van der Waals surface area contributed by atoms with E-state index >= 15 is 0 Å². The molecule has 0 aromatic heterocycles. The average Bonchev–Trinajstić information content (AvgIpc) is 2.49. The van der Waals surface area contributed by atoms with Crippen LogP contribution in [-0.2, 0) is 4.79 Å². The van der Waals surface area contributed by atoms with Crippen molar-refractivity contribution >= 4 is 29.5 Å². The SMILES string of the molecule is Cc1ccc(NC(=O)COc2ccc(Cl)cc2C=O)cc1C. The number of aldehydes is 1. The van der Waals surface area contributed by atoms with Gasteiger partial charge in [0.25, 0.3) is 5.91 Å². The lowest BCUT2D eigenvalue weighted by atomic mass is 10.1. The van der Waals surface area contributed by atoms with Gasteiger partial charge in [-0.2, -0.15) is 0 Å². The highest BCUT2D eigenvalue weighted by Crippen LogP contribution is 2.21. The predicted molar refractivity (Wildman–Crippen MR) is 86.9 cm³/mol. The summed E-state index contributed by atoms with van der Waals surface area (Å²) in [4.78, 5) is 22.8. The Bertz CT molecular complexity index is 713. The summed E-state index contributed by atoms with van der Waals surface area (Å²) in [6.45, 7) is 3.80. The molecule has 0 saturated heterocycles. The molecule has 5 heteroatoms. The monoisotopic (exact) mass is 317 g/mol. The number of amides is 1. The summed E-state index contributed by atoms with van der Waals surface area (Å²) in [5, 5.41) is 3.19. The Balaban J connectivity index is 1.98. The van der Waals surface area contributed by atoms with E-state index in [2.05, 4.69) is 5.32 Å². The highest BCUT2D eigenvalue weighted by molar-refractivity contribution is 6.30. The summed E-state index contributed by atoms with van der Waals surface area (Å²) in [5.41, 5.74) is 3.28. The highest BCUT2D eigenvalue weighted by atomic mass is 35.5. The zero-order valence-electron chi connectivity index (χ0n) is 12.4. The zero-order chi connectivity index (χ0) is 16.1. The fourth-order valence-corrected chi connectivity index (χ4v) is 2.08. The minimum atomic E-state index is -0.296. The molecule has 0 spiro atoms. The van der Waals surface area contributed by atoms with E-state index in [4.69, 9.17) is 16.3 Å². The molecule has 4 nitrogen and oxygen atoms in total. The molecule has 2 rings (SSSR count). The molecule has 0 fully saturated rings. The number of anilines is 1. The highest BCUT2D eigenvalue weighted by Gasteiger charge is 2.08. The molecule has 0 bridgehead atoms. The van der Waals surface area contributed by atoms with Gasteiger partial charge in [-0.1, -0.05) is 17.7 Å². The van der Waals surface area contributed by atoms with E-state index in [0.717, 1.165) is 11.1 Å². The maximum Gasteiger partial charge on any atom is 0.262 e. The molecule has 0 aliphatic heterocycles. The lowest BCUT2D eigenvalue weighted by Gasteiger charge is -2.10. The molecule has 0 aliphatic carbocycles. The second-order valence-corrected chi connectivity index (χ2v) is 5.37. The molecule has 0 unspecified atom stereocenters. The van der Waals surface area contributed by atoms with E-state index in [0.29, 0.717) is 28.3 Å². The van der Waals surface area contributed by atoms with Crippen LogP contribution in [0.4, 0.5) is 5.69 Å². The zero-order valence-corrected chi connectivity index (χ0v) is 13.1. The Labute approximate surface area is 134 Å². The third-order valence-corrected chi connectivity index (χ3v) is 3.48. The van der Waals surface area contributed by atoms with Crippen molar-refractivity contribution < 1.29 is 14.3 Å². The van der Waals surface area contributed by atoms with Crippen LogP contribution in [0.2, 0.25) is 5.02 Å². The van der Waals surface area contributed by atoms with Crippen molar-refractivity contribution in [2.45, 2.75) is 13.8 Å². The van der Waals surface area contributed by atoms with Gasteiger partial charge in [0.15, 0.2) is 12.9 Å². The van der Waals surface area contributed by atoms with Crippen LogP contribution in [-0.4, -0.2) is 18.8 Å². The molecule has 1 N–H and O–H groups in total. The first-order valence-electron chi connectivity index (χ1n) is 6.74. The summed E-state index contributed by atoms with van der Waals surface area (Å²) in [6, 6.07) is 10.3. The maximum atomic E-state index is 11.9. The first-order chi connectivity index (χ1) is 10.5. The first-order valence-corrected chi connectivity index (χ1v) is 7.12. The van der Waals surface area contributed by atoms with Crippen LogP contribution in [0, 0.1) is 13.8 Å². The number of rotatable bonds is 5. The van der Waals surface area contributed by atoms with Gasteiger partial charge < -0.3 is 10.1 Å². The van der Waals surface area contributed by atoms with Crippen LogP contribution in [0.1, 0.15) is 21.5 Å². The molecule has 2 aromatic carbocycles. The summed E-state index contributed by atoms with van der Waals surface area (Å²) < 4.78 is 5.37. The van der Waals surface area contributed by atoms with Crippen LogP contribution >= 0.6 is 11.6 Å². The second kappa shape index (κ2) is 7.09. The van der Waals surface area contributed by atoms with E-state index in [9.17, 15) is 9.59 Å². The fourth-order valence-electron chi connectivity index (χ4n) is 1.90. The molecule has 0 saturated carbocycles. The lowest BCUT2D eigenvalue weighted by Crippen LogP contribution is -2.20. The van der Waals surface area contributed by atoms with Crippen molar-refractivity contribution in [3.8, 4) is 5.75 Å². The number of aryl methyl sites for hydroxylation is 2. The Kier molecular flexibility index (Phi) is 5.17. The number of hydrogen-bond donors (Lipinski definition) is 1. The van der Waals surface area contributed by atoms with Crippen molar-refractivity contribution in [3.05, 3.63) is 58.1 Å². The van der Waals surface area contributed by atoms with E-state index in [1.165, 1.54) is 6.07 Å². The Hall–Kier alpha value is -2.33. The smallest absolute Gasteiger partial charge is 0.262 e. The van der Waals surface area contributed by atoms with Crippen LogP contribution < -0.4 is 10.1 Å². The Morgan fingerprint density at radius 2 is 1.95 bits per heavy atom. The van der Waals surface area contributed by atoms with Gasteiger partial charge in [-0.3, -0.25) is 9.59 Å². The molecule has 2 aromatic rings. The number of carbonyl (C=O) groups excluding carboxylic acids is 2. The number of carbonyl (C=O) groups is 2. The van der Waals surface area contributed by atoms with Crippen LogP contribution in [0.15, 0.2) is 36.4 Å². The van der Waals surface area contributed by atoms with E-state index in [-0.39, 0.29) is 12.5 Å². The predicted octanol–water partition coefficient (Wildman–Crippen LogP) is 3.79. The normalized spacial score (nSPS) is 10.1. The van der Waals surface area contributed by atoms with Gasteiger partial charge in [-0.05, 0) is 55.3 Å². The van der Waals surface area contributed by atoms with Gasteiger partial charge in [-0.15, -0.1) is 0 Å². The molecule has 0 heterocycles. The number of hydrogen-bond acceptors (Lipinski definition) is 3. The first kappa shape index (κ1) is 16.0. The average molecular weight is 318 g/mol. The summed E-state index contributed by atoms with van der Waals surface area (Å²) in [6.07, 6.45) is 0.641. The third kappa shape index (κ3) is 4.09. The van der Waals surface area contributed by atoms with Gasteiger partial charge >= 0.3 is 0 Å². The largest absolute Gasteiger partial charge is 0.483 e. The molecular weight excluding hydrogens is 302 g/mol. The number of halogens is 1. The van der Waals surface area contributed by atoms with E-state index in [1.807, 2.05) is 32.0 Å². The van der Waals surface area contributed by atoms with E-state index < -0.39 is 0 Å². The second-order valence-electron chi connectivity index (χ2n) is 4.94. The van der Waals surface area contributed by atoms with Gasteiger partial charge in [0.2, 0.25) is 0 Å². The molecule has 22 heavy (non-hydrogen) atoms. The fraction of sp³-hybridized carbons (Fsp3) is 0.176. The molecule has 0 aliphatic rings. The number of ether oxygens (including phenoxy) is 1. The topological polar surface area (TPSA) is 55.4 Å². The minimum Gasteiger partial charge on any atom is -0.483 e. The van der Waals surface area contributed by atoms with Crippen LogP contribution in [0.3, 0.4) is 0 Å². The Morgan fingerprint density at radius 3 is 2.64 bits per heavy atom. The number of benzene rings is 2. The van der Waals surface area contributed by atoms with Crippen LogP contribution in [0.25, 0.3) is 0 Å². The standard InChI is InChI=1S/C17H16ClNO3/c1-11-3-5-15(7-12(11)2)19-17(21)10-22-16-6-4-14(18)8-13(16)9-20/h3-9H,10H2,1-2H3,(H,19,21). The maximum absolute atomic E-state index is 11.9. The summed E-state index contributed by atoms with van der Waals surface area (Å²) in [5.74, 6) is 0.0321. The summed E-state index contributed by atoms with van der Waals surface area (Å²) in [7, 11) is 0. The van der Waals surface area contributed by atoms with Gasteiger partial charge in [0, 0.05) is 10.7 Å². The molecule has 114 valence electrons. The lowest BCUT2D eigenvalue weighted by molar-refractivity contribution is -0.118. The molecular formula is C17H16ClNO3. The van der Waals surface area contributed by atoms with Gasteiger partial charge in [0.05, 0.1) is 5.56 Å². The van der Waals surface area contributed by atoms with Gasteiger partial charge in [-0.25, -0.2) is 0 Å². The van der Waals surface area contributed by atoms with Gasteiger partial charge in [0.1, 0.15) is 5.75 Å². The number of nitrogens with one attached hydrogen (secondary N) is 1. The van der Waals surface area contributed by atoms with Crippen molar-refractivity contribution in [1.29, 1.82) is 0 Å². The third-order valence-electron chi connectivity index (χ3n) is 3.25. The Morgan fingerprint density at radius 1 is 1.18 bits per heavy atom. The summed E-state index contributed by atoms with van der Waals surface area (Å²) >= 11 is 5.80. The minimum absolute atomic E-state index is 0.185.